The first-order valence-electron chi connectivity index (χ1n) is 5.94. The Morgan fingerprint density at radius 2 is 2.32 bits per heavy atom. The maximum Gasteiger partial charge on any atom is 0.264 e. The fourth-order valence-electron chi connectivity index (χ4n) is 1.64. The van der Waals surface area contributed by atoms with Crippen LogP contribution in [-0.4, -0.2) is 44.6 Å². The third kappa shape index (κ3) is 4.98. The molecular formula is C11H16O6S2. The molecule has 1 aromatic heterocycles. The zero-order chi connectivity index (χ0) is 13.7. The van der Waals surface area contributed by atoms with Crippen LogP contribution in [0.25, 0.3) is 0 Å². The first-order chi connectivity index (χ1) is 9.04. The van der Waals surface area contributed by atoms with Crippen molar-refractivity contribution in [1.82, 2.24) is 0 Å². The van der Waals surface area contributed by atoms with Crippen LogP contribution in [0.2, 0.25) is 0 Å². The zero-order valence-electron chi connectivity index (χ0n) is 10.3. The number of ether oxygens (including phenoxy) is 3. The molecule has 1 atom stereocenters. The van der Waals surface area contributed by atoms with Crippen molar-refractivity contribution >= 4 is 21.5 Å². The summed E-state index contributed by atoms with van der Waals surface area (Å²) in [4.78, 5) is 0. The van der Waals surface area contributed by atoms with Crippen LogP contribution in [0.5, 0.6) is 10.8 Å². The molecule has 0 aliphatic carbocycles. The maximum atomic E-state index is 10.5. The molecule has 2 rings (SSSR count). The Hall–Kier alpha value is -0.830. The Labute approximate surface area is 116 Å². The minimum Gasteiger partial charge on any atom is -0.480 e. The van der Waals surface area contributed by atoms with E-state index in [-0.39, 0.29) is 11.9 Å². The average molecular weight is 308 g/mol. The highest BCUT2D eigenvalue weighted by Gasteiger charge is 2.21. The molecule has 0 saturated carbocycles. The predicted octanol–water partition coefficient (Wildman–Crippen LogP) is 1.57. The van der Waals surface area contributed by atoms with Crippen LogP contribution in [0.1, 0.15) is 12.8 Å². The van der Waals surface area contributed by atoms with Gasteiger partial charge in [-0.3, -0.25) is 4.55 Å². The maximum absolute atomic E-state index is 10.5. The molecule has 8 heteroatoms. The van der Waals surface area contributed by atoms with Crippen LogP contribution >= 0.6 is 11.3 Å². The van der Waals surface area contributed by atoms with E-state index in [0.717, 1.165) is 10.8 Å². The van der Waals surface area contributed by atoms with Gasteiger partial charge in [-0.1, -0.05) is 0 Å². The fourth-order valence-corrected chi connectivity index (χ4v) is 2.90. The lowest BCUT2D eigenvalue weighted by Gasteiger charge is -2.23. The Kier molecular flexibility index (Phi) is 5.03. The second-order valence-corrected chi connectivity index (χ2v) is 6.64. The molecule has 0 spiro atoms. The Morgan fingerprint density at radius 3 is 3.11 bits per heavy atom. The van der Waals surface area contributed by atoms with Crippen molar-refractivity contribution in [3.05, 3.63) is 11.4 Å². The Bertz CT molecular complexity index is 495. The second-order valence-electron chi connectivity index (χ2n) is 4.19. The molecule has 1 N–H and O–H groups in total. The summed E-state index contributed by atoms with van der Waals surface area (Å²) in [7, 11) is -3.86. The van der Waals surface area contributed by atoms with Gasteiger partial charge in [-0.25, -0.2) is 0 Å². The smallest absolute Gasteiger partial charge is 0.264 e. The third-order valence-electron chi connectivity index (χ3n) is 2.53. The molecule has 1 aliphatic heterocycles. The normalized spacial score (nSPS) is 18.5. The highest BCUT2D eigenvalue weighted by molar-refractivity contribution is 7.85. The lowest BCUT2D eigenvalue weighted by Crippen LogP contribution is -2.32. The molecule has 0 radical (unpaired) electrons. The number of hydrogen-bond donors (Lipinski definition) is 1. The highest BCUT2D eigenvalue weighted by Crippen LogP contribution is 2.36. The van der Waals surface area contributed by atoms with Crippen molar-refractivity contribution in [3.63, 3.8) is 0 Å². The van der Waals surface area contributed by atoms with E-state index in [1.54, 1.807) is 0 Å². The summed E-state index contributed by atoms with van der Waals surface area (Å²) in [5.74, 6) is 0.522. The van der Waals surface area contributed by atoms with Crippen molar-refractivity contribution in [2.75, 3.05) is 25.6 Å². The van der Waals surface area contributed by atoms with Crippen molar-refractivity contribution in [2.45, 2.75) is 18.9 Å². The SMILES string of the molecule is O=S(=O)(O)CCCCOCC1COc2sccc2O1. The van der Waals surface area contributed by atoms with Gasteiger partial charge < -0.3 is 14.2 Å². The number of fused-ring (bicyclic) bond motifs is 1. The van der Waals surface area contributed by atoms with Crippen molar-refractivity contribution < 1.29 is 27.2 Å². The molecule has 1 aliphatic rings. The molecule has 0 bridgehead atoms. The van der Waals surface area contributed by atoms with E-state index in [1.807, 2.05) is 11.4 Å². The van der Waals surface area contributed by atoms with E-state index in [2.05, 4.69) is 0 Å². The standard InChI is InChI=1S/C11H16O6S2/c12-19(13,14)6-2-1-4-15-7-9-8-16-11-10(17-9)3-5-18-11/h3,5,9H,1-2,4,6-8H2,(H,12,13,14). The number of hydrogen-bond acceptors (Lipinski definition) is 6. The van der Waals surface area contributed by atoms with E-state index in [9.17, 15) is 8.42 Å². The van der Waals surface area contributed by atoms with Crippen LogP contribution in [0.3, 0.4) is 0 Å². The third-order valence-corrected chi connectivity index (χ3v) is 4.14. The first-order valence-corrected chi connectivity index (χ1v) is 8.43. The Morgan fingerprint density at radius 1 is 1.47 bits per heavy atom. The molecule has 1 aromatic rings. The van der Waals surface area contributed by atoms with Gasteiger partial charge >= 0.3 is 0 Å². The van der Waals surface area contributed by atoms with Gasteiger partial charge in [0, 0.05) is 6.61 Å². The molecule has 1 unspecified atom stereocenters. The monoisotopic (exact) mass is 308 g/mol. The van der Waals surface area contributed by atoms with E-state index < -0.39 is 10.1 Å². The van der Waals surface area contributed by atoms with Gasteiger partial charge in [0.2, 0.25) is 5.06 Å². The second kappa shape index (κ2) is 6.56. The van der Waals surface area contributed by atoms with Crippen LogP contribution in [0, 0.1) is 0 Å². The predicted molar refractivity (Wildman–Crippen MR) is 70.7 cm³/mol. The number of thiophene rings is 1. The summed E-state index contributed by atoms with van der Waals surface area (Å²) in [5.41, 5.74) is 0. The van der Waals surface area contributed by atoms with Gasteiger partial charge in [-0.2, -0.15) is 8.42 Å². The zero-order valence-corrected chi connectivity index (χ0v) is 11.9. The van der Waals surface area contributed by atoms with E-state index in [1.165, 1.54) is 11.3 Å². The van der Waals surface area contributed by atoms with E-state index >= 15 is 0 Å². The minimum atomic E-state index is -3.86. The molecule has 0 aromatic carbocycles. The molecule has 108 valence electrons. The topological polar surface area (TPSA) is 82.1 Å². The summed E-state index contributed by atoms with van der Waals surface area (Å²) >= 11 is 1.50. The summed E-state index contributed by atoms with van der Waals surface area (Å²) < 4.78 is 46.1. The van der Waals surface area contributed by atoms with Gasteiger partial charge in [0.05, 0.1) is 12.4 Å². The first kappa shape index (κ1) is 14.6. The molecule has 6 nitrogen and oxygen atoms in total. The van der Waals surface area contributed by atoms with Crippen LogP contribution in [0.4, 0.5) is 0 Å². The van der Waals surface area contributed by atoms with Crippen LogP contribution in [0.15, 0.2) is 11.4 Å². The lowest BCUT2D eigenvalue weighted by atomic mass is 10.3. The van der Waals surface area contributed by atoms with E-state index in [0.29, 0.717) is 32.7 Å². The molecule has 0 amide bonds. The summed E-state index contributed by atoms with van der Waals surface area (Å²) in [5, 5.41) is 2.70. The molecular weight excluding hydrogens is 292 g/mol. The largest absolute Gasteiger partial charge is 0.480 e. The summed E-state index contributed by atoms with van der Waals surface area (Å²) in [6.45, 7) is 1.30. The van der Waals surface area contributed by atoms with Gasteiger partial charge in [0.1, 0.15) is 6.61 Å². The lowest BCUT2D eigenvalue weighted by molar-refractivity contribution is 0.0101. The number of unbranched alkanes of at least 4 members (excludes halogenated alkanes) is 1. The van der Waals surface area contributed by atoms with Gasteiger partial charge in [-0.05, 0) is 24.3 Å². The van der Waals surface area contributed by atoms with Gasteiger partial charge in [0.25, 0.3) is 10.1 Å². The number of rotatable bonds is 7. The van der Waals surface area contributed by atoms with Crippen molar-refractivity contribution in [3.8, 4) is 10.8 Å². The van der Waals surface area contributed by atoms with Crippen LogP contribution in [-0.2, 0) is 14.9 Å². The van der Waals surface area contributed by atoms with E-state index in [4.69, 9.17) is 18.8 Å². The Balaban J connectivity index is 1.57. The quantitative estimate of drug-likeness (QED) is 0.608. The fraction of sp³-hybridized carbons (Fsp3) is 0.636. The molecule has 0 saturated heterocycles. The average Bonchev–Trinajstić information content (AvgIpc) is 2.79. The molecule has 2 heterocycles. The van der Waals surface area contributed by atoms with Gasteiger partial charge in [-0.15, -0.1) is 11.3 Å². The summed E-state index contributed by atoms with van der Waals surface area (Å²) in [6, 6.07) is 1.86. The minimum absolute atomic E-state index is 0.135. The summed E-state index contributed by atoms with van der Waals surface area (Å²) in [6.07, 6.45) is 0.829. The van der Waals surface area contributed by atoms with Gasteiger partial charge in [0.15, 0.2) is 11.9 Å². The van der Waals surface area contributed by atoms with Crippen LogP contribution < -0.4 is 9.47 Å². The highest BCUT2D eigenvalue weighted by atomic mass is 32.2. The van der Waals surface area contributed by atoms with Crippen molar-refractivity contribution in [1.29, 1.82) is 0 Å². The van der Waals surface area contributed by atoms with Crippen molar-refractivity contribution in [2.24, 2.45) is 0 Å². The molecule has 0 fully saturated rings. The molecule has 19 heavy (non-hydrogen) atoms.